The molecule has 0 aliphatic heterocycles. The number of carboxylic acid groups (broad SMARTS) is 1. The van der Waals surface area contributed by atoms with Gasteiger partial charge in [-0.1, -0.05) is 6.92 Å². The highest BCUT2D eigenvalue weighted by Crippen LogP contribution is 2.12. The third-order valence-corrected chi connectivity index (χ3v) is 2.79. The summed E-state index contributed by atoms with van der Waals surface area (Å²) in [5, 5.41) is 8.66. The Labute approximate surface area is 77.7 Å². The Morgan fingerprint density at radius 2 is 2.17 bits per heavy atom. The summed E-state index contributed by atoms with van der Waals surface area (Å²) >= 11 is 1.75. The van der Waals surface area contributed by atoms with E-state index >= 15 is 0 Å². The van der Waals surface area contributed by atoms with Gasteiger partial charge in [0, 0.05) is 0 Å². The normalized spacial score (nSPS) is 15.6. The lowest BCUT2D eigenvalue weighted by atomic mass is 10.0. The molecule has 1 atom stereocenters. The van der Waals surface area contributed by atoms with Crippen LogP contribution in [0.5, 0.6) is 0 Å². The van der Waals surface area contributed by atoms with E-state index in [2.05, 4.69) is 6.92 Å². The number of nitrogens with two attached hydrogens (primary N) is 1. The van der Waals surface area contributed by atoms with Crippen molar-refractivity contribution < 1.29 is 9.90 Å². The second-order valence-corrected chi connectivity index (χ2v) is 4.31. The average molecular weight is 191 g/mol. The van der Waals surface area contributed by atoms with Crippen LogP contribution in [0.2, 0.25) is 0 Å². The third kappa shape index (κ3) is 4.62. The number of carbonyl (C=O) groups is 1. The van der Waals surface area contributed by atoms with Crippen LogP contribution >= 0.6 is 11.8 Å². The lowest BCUT2D eigenvalue weighted by Gasteiger charge is -2.18. The Hall–Kier alpha value is -0.220. The van der Waals surface area contributed by atoms with Crippen molar-refractivity contribution in [3.8, 4) is 0 Å². The van der Waals surface area contributed by atoms with Crippen LogP contribution in [-0.4, -0.2) is 28.1 Å². The van der Waals surface area contributed by atoms with E-state index in [4.69, 9.17) is 10.8 Å². The number of thioether (sulfide) groups is 1. The summed E-state index contributed by atoms with van der Waals surface area (Å²) in [7, 11) is 0. The molecule has 0 saturated carbocycles. The van der Waals surface area contributed by atoms with Crippen molar-refractivity contribution in [3.63, 3.8) is 0 Å². The van der Waals surface area contributed by atoms with Crippen molar-refractivity contribution in [2.75, 3.05) is 11.5 Å². The Morgan fingerprint density at radius 1 is 1.58 bits per heavy atom. The molecular formula is C8H17NO2S. The lowest BCUT2D eigenvalue weighted by Crippen LogP contribution is -2.45. The minimum Gasteiger partial charge on any atom is -0.480 e. The van der Waals surface area contributed by atoms with Gasteiger partial charge in [0.15, 0.2) is 0 Å². The minimum atomic E-state index is -1.05. The molecule has 3 nitrogen and oxygen atoms in total. The fraction of sp³-hybridized carbons (Fsp3) is 0.875. The van der Waals surface area contributed by atoms with Crippen molar-refractivity contribution in [2.45, 2.75) is 32.2 Å². The summed E-state index contributed by atoms with van der Waals surface area (Å²) < 4.78 is 0. The van der Waals surface area contributed by atoms with Gasteiger partial charge in [-0.3, -0.25) is 4.79 Å². The molecule has 0 bridgehead atoms. The molecule has 0 aromatic rings. The highest BCUT2D eigenvalue weighted by molar-refractivity contribution is 7.99. The molecule has 12 heavy (non-hydrogen) atoms. The Bertz CT molecular complexity index is 148. The zero-order valence-corrected chi connectivity index (χ0v) is 8.49. The topological polar surface area (TPSA) is 63.3 Å². The Morgan fingerprint density at radius 3 is 2.58 bits per heavy atom. The molecule has 0 aromatic carbocycles. The van der Waals surface area contributed by atoms with Gasteiger partial charge in [-0.2, -0.15) is 11.8 Å². The monoisotopic (exact) mass is 191 g/mol. The van der Waals surface area contributed by atoms with Gasteiger partial charge in [0.05, 0.1) is 0 Å². The fourth-order valence-corrected chi connectivity index (χ4v) is 1.70. The Kier molecular flexibility index (Phi) is 5.33. The highest BCUT2D eigenvalue weighted by atomic mass is 32.2. The SMILES string of the molecule is CCCSCC[C@@](C)(N)C(=O)O. The molecule has 0 aromatic heterocycles. The Balaban J connectivity index is 3.54. The maximum Gasteiger partial charge on any atom is 0.323 e. The van der Waals surface area contributed by atoms with E-state index in [9.17, 15) is 4.79 Å². The number of hydrogen-bond donors (Lipinski definition) is 2. The van der Waals surface area contributed by atoms with Crippen LogP contribution in [0.3, 0.4) is 0 Å². The standard InChI is InChI=1S/C8H17NO2S/c1-3-5-12-6-4-8(2,9)7(10)11/h3-6,9H2,1-2H3,(H,10,11)/t8-/m1/s1. The predicted molar refractivity (Wildman–Crippen MR) is 52.5 cm³/mol. The largest absolute Gasteiger partial charge is 0.480 e. The summed E-state index contributed by atoms with van der Waals surface area (Å²) in [5.74, 6) is 0.989. The van der Waals surface area contributed by atoms with Crippen molar-refractivity contribution in [3.05, 3.63) is 0 Å². The van der Waals surface area contributed by atoms with Crippen molar-refractivity contribution in [1.82, 2.24) is 0 Å². The van der Waals surface area contributed by atoms with Gasteiger partial charge in [0.1, 0.15) is 5.54 Å². The summed E-state index contributed by atoms with van der Waals surface area (Å²) in [6, 6.07) is 0. The summed E-state index contributed by atoms with van der Waals surface area (Å²) in [4.78, 5) is 10.6. The van der Waals surface area contributed by atoms with E-state index in [0.29, 0.717) is 6.42 Å². The van der Waals surface area contributed by atoms with Gasteiger partial charge in [-0.05, 0) is 31.3 Å². The molecule has 0 aliphatic rings. The summed E-state index contributed by atoms with van der Waals surface area (Å²) in [5.41, 5.74) is 4.47. The molecule has 0 radical (unpaired) electrons. The van der Waals surface area contributed by atoms with Gasteiger partial charge >= 0.3 is 5.97 Å². The van der Waals surface area contributed by atoms with Crippen molar-refractivity contribution in [2.24, 2.45) is 5.73 Å². The maximum atomic E-state index is 10.6. The van der Waals surface area contributed by atoms with Gasteiger partial charge in [-0.15, -0.1) is 0 Å². The number of carboxylic acids is 1. The second-order valence-electron chi connectivity index (χ2n) is 3.08. The highest BCUT2D eigenvalue weighted by Gasteiger charge is 2.26. The number of rotatable bonds is 6. The summed E-state index contributed by atoms with van der Waals surface area (Å²) in [6.45, 7) is 3.66. The smallest absolute Gasteiger partial charge is 0.323 e. The average Bonchev–Trinajstić information content (AvgIpc) is 1.98. The molecular weight excluding hydrogens is 174 g/mol. The third-order valence-electron chi connectivity index (χ3n) is 1.60. The van der Waals surface area contributed by atoms with Gasteiger partial charge < -0.3 is 10.8 Å². The predicted octanol–water partition coefficient (Wildman–Crippen LogP) is 1.32. The number of hydrogen-bond acceptors (Lipinski definition) is 3. The van der Waals surface area contributed by atoms with Crippen molar-refractivity contribution >= 4 is 17.7 Å². The first-order valence-corrected chi connectivity index (χ1v) is 5.26. The first kappa shape index (κ1) is 11.8. The van der Waals surface area contributed by atoms with E-state index in [-0.39, 0.29) is 0 Å². The summed E-state index contributed by atoms with van der Waals surface area (Å²) in [6.07, 6.45) is 1.66. The van der Waals surface area contributed by atoms with E-state index in [1.807, 2.05) is 0 Å². The first-order valence-electron chi connectivity index (χ1n) is 4.10. The van der Waals surface area contributed by atoms with E-state index < -0.39 is 11.5 Å². The molecule has 0 fully saturated rings. The number of aliphatic carboxylic acids is 1. The quantitative estimate of drug-likeness (QED) is 0.622. The van der Waals surface area contributed by atoms with Gasteiger partial charge in [0.25, 0.3) is 0 Å². The van der Waals surface area contributed by atoms with Crippen molar-refractivity contribution in [1.29, 1.82) is 0 Å². The van der Waals surface area contributed by atoms with Gasteiger partial charge in [0.2, 0.25) is 0 Å². The molecule has 0 aliphatic carbocycles. The zero-order valence-electron chi connectivity index (χ0n) is 7.67. The van der Waals surface area contributed by atoms with Gasteiger partial charge in [-0.25, -0.2) is 0 Å². The van der Waals surface area contributed by atoms with E-state index in [1.165, 1.54) is 0 Å². The van der Waals surface area contributed by atoms with Crippen LogP contribution in [0.25, 0.3) is 0 Å². The van der Waals surface area contributed by atoms with E-state index in [1.54, 1.807) is 18.7 Å². The molecule has 0 spiro atoms. The molecule has 0 unspecified atom stereocenters. The van der Waals surface area contributed by atoms with Crippen LogP contribution in [0.1, 0.15) is 26.7 Å². The maximum absolute atomic E-state index is 10.6. The molecule has 0 amide bonds. The van der Waals surface area contributed by atoms with E-state index in [0.717, 1.165) is 17.9 Å². The van der Waals surface area contributed by atoms with Crippen LogP contribution in [0, 0.1) is 0 Å². The molecule has 0 heterocycles. The van der Waals surface area contributed by atoms with Crippen LogP contribution < -0.4 is 5.73 Å². The first-order chi connectivity index (χ1) is 5.50. The molecule has 3 N–H and O–H groups in total. The minimum absolute atomic E-state index is 0.535. The molecule has 0 saturated heterocycles. The fourth-order valence-electron chi connectivity index (χ4n) is 0.638. The second kappa shape index (κ2) is 5.43. The molecule has 4 heteroatoms. The van der Waals surface area contributed by atoms with Crippen LogP contribution in [0.15, 0.2) is 0 Å². The lowest BCUT2D eigenvalue weighted by molar-refractivity contribution is -0.142. The zero-order chi connectivity index (χ0) is 9.61. The molecule has 72 valence electrons. The molecule has 0 rings (SSSR count). The van der Waals surface area contributed by atoms with Crippen LogP contribution in [0.4, 0.5) is 0 Å². The van der Waals surface area contributed by atoms with Crippen LogP contribution in [-0.2, 0) is 4.79 Å².